The first-order valence-corrected chi connectivity index (χ1v) is 9.58. The Kier molecular flexibility index (Phi) is 4.22. The van der Waals surface area contributed by atoms with Crippen LogP contribution in [0.1, 0.15) is 52.0 Å². The second-order valence-corrected chi connectivity index (χ2v) is 7.97. The molecular formula is C17H17BrN2O3S. The molecule has 1 saturated carbocycles. The lowest BCUT2D eigenvalue weighted by Crippen LogP contribution is -2.26. The Bertz CT molecular complexity index is 788. The molecule has 7 heteroatoms. The number of amides is 1. The predicted molar refractivity (Wildman–Crippen MR) is 95.1 cm³/mol. The van der Waals surface area contributed by atoms with E-state index >= 15 is 0 Å². The highest BCUT2D eigenvalue weighted by Gasteiger charge is 2.28. The van der Waals surface area contributed by atoms with Gasteiger partial charge in [0.25, 0.3) is 5.91 Å². The van der Waals surface area contributed by atoms with E-state index in [1.54, 1.807) is 6.20 Å². The molecule has 1 amide bonds. The van der Waals surface area contributed by atoms with Gasteiger partial charge in [0.05, 0.1) is 17.2 Å². The van der Waals surface area contributed by atoms with Gasteiger partial charge in [0.1, 0.15) is 18.1 Å². The van der Waals surface area contributed by atoms with Crippen LogP contribution in [-0.2, 0) is 0 Å². The van der Waals surface area contributed by atoms with E-state index in [2.05, 4.69) is 26.2 Å². The van der Waals surface area contributed by atoms with E-state index in [0.717, 1.165) is 20.8 Å². The number of rotatable bonds is 4. The fourth-order valence-corrected chi connectivity index (χ4v) is 4.32. The molecule has 1 unspecified atom stereocenters. The van der Waals surface area contributed by atoms with Gasteiger partial charge < -0.3 is 14.8 Å². The average molecular weight is 409 g/mol. The molecule has 0 spiro atoms. The van der Waals surface area contributed by atoms with Gasteiger partial charge in [-0.25, -0.2) is 4.98 Å². The molecule has 0 radical (unpaired) electrons. The molecule has 24 heavy (non-hydrogen) atoms. The topological polar surface area (TPSA) is 60.5 Å². The normalized spacial score (nSPS) is 17.4. The molecule has 1 fully saturated rings. The highest BCUT2D eigenvalue weighted by molar-refractivity contribution is 9.10. The maximum atomic E-state index is 12.5. The number of nitrogens with zero attached hydrogens (tertiary/aromatic N) is 1. The zero-order chi connectivity index (χ0) is 16.7. The Labute approximate surface area is 152 Å². The highest BCUT2D eigenvalue weighted by Crippen LogP contribution is 2.42. The van der Waals surface area contributed by atoms with Crippen LogP contribution < -0.4 is 14.8 Å². The van der Waals surface area contributed by atoms with Crippen molar-refractivity contribution < 1.29 is 14.3 Å². The van der Waals surface area contributed by atoms with Crippen LogP contribution in [0.4, 0.5) is 0 Å². The third kappa shape index (κ3) is 3.15. The molecule has 1 aromatic carbocycles. The number of carbonyl (C=O) groups is 1. The number of nitrogens with one attached hydrogen (secondary N) is 1. The first kappa shape index (κ1) is 15.9. The van der Waals surface area contributed by atoms with Crippen molar-refractivity contribution in [2.75, 3.05) is 13.2 Å². The third-order valence-electron chi connectivity index (χ3n) is 4.15. The summed E-state index contributed by atoms with van der Waals surface area (Å²) in [5, 5.41) is 4.12. The molecule has 1 aliphatic heterocycles. The first-order valence-electron chi connectivity index (χ1n) is 7.97. The number of thiazole rings is 1. The van der Waals surface area contributed by atoms with Gasteiger partial charge >= 0.3 is 0 Å². The van der Waals surface area contributed by atoms with Gasteiger partial charge in [-0.15, -0.1) is 11.3 Å². The zero-order valence-electron chi connectivity index (χ0n) is 13.2. The Hall–Kier alpha value is -1.60. The van der Waals surface area contributed by atoms with Crippen molar-refractivity contribution in [1.29, 1.82) is 0 Å². The van der Waals surface area contributed by atoms with Crippen molar-refractivity contribution in [3.8, 4) is 11.5 Å². The number of ether oxygens (including phenoxy) is 2. The number of aromatic nitrogens is 1. The summed E-state index contributed by atoms with van der Waals surface area (Å²) in [6.07, 6.45) is 4.06. The van der Waals surface area contributed by atoms with E-state index in [9.17, 15) is 4.79 Å². The minimum atomic E-state index is -0.158. The highest BCUT2D eigenvalue weighted by atomic mass is 79.9. The average Bonchev–Trinajstić information content (AvgIpc) is 3.31. The lowest BCUT2D eigenvalue weighted by atomic mass is 10.1. The van der Waals surface area contributed by atoms with Crippen molar-refractivity contribution in [3.63, 3.8) is 0 Å². The van der Waals surface area contributed by atoms with Gasteiger partial charge in [-0.3, -0.25) is 4.79 Å². The number of hydrogen-bond acceptors (Lipinski definition) is 5. The molecule has 5 nitrogen and oxygen atoms in total. The van der Waals surface area contributed by atoms with E-state index in [-0.39, 0.29) is 11.9 Å². The minimum absolute atomic E-state index is 0.0892. The summed E-state index contributed by atoms with van der Waals surface area (Å²) in [5.41, 5.74) is 0.958. The largest absolute Gasteiger partial charge is 0.486 e. The van der Waals surface area contributed by atoms with E-state index in [4.69, 9.17) is 9.47 Å². The molecule has 2 aliphatic rings. The smallest absolute Gasteiger partial charge is 0.263 e. The van der Waals surface area contributed by atoms with Gasteiger partial charge in [-0.05, 0) is 37.5 Å². The zero-order valence-corrected chi connectivity index (χ0v) is 15.6. The van der Waals surface area contributed by atoms with Crippen molar-refractivity contribution >= 4 is 33.2 Å². The Balaban J connectivity index is 1.50. The third-order valence-corrected chi connectivity index (χ3v) is 5.99. The quantitative estimate of drug-likeness (QED) is 0.828. The number of halogens is 1. The predicted octanol–water partition coefficient (Wildman–Crippen LogP) is 4.05. The van der Waals surface area contributed by atoms with Crippen LogP contribution in [0.25, 0.3) is 0 Å². The van der Waals surface area contributed by atoms with E-state index < -0.39 is 0 Å². The molecule has 1 atom stereocenters. The molecule has 2 heterocycles. The Morgan fingerprint density at radius 2 is 2.04 bits per heavy atom. The molecule has 2 aromatic rings. The summed E-state index contributed by atoms with van der Waals surface area (Å²) in [6.45, 7) is 3.05. The van der Waals surface area contributed by atoms with E-state index in [0.29, 0.717) is 29.8 Å². The standard InChI is InChI=1S/C17H17BrN2O3S/c1-9(11-6-13-14(7-12(11)18)23-5-4-22-13)20-16(21)15-8-19-17(24-15)10-2-3-10/h6-10H,2-5H2,1H3,(H,20,21). The number of benzene rings is 1. The summed E-state index contributed by atoms with van der Waals surface area (Å²) in [7, 11) is 0. The summed E-state index contributed by atoms with van der Waals surface area (Å²) < 4.78 is 12.1. The summed E-state index contributed by atoms with van der Waals surface area (Å²) in [4.78, 5) is 17.5. The summed E-state index contributed by atoms with van der Waals surface area (Å²) in [5.74, 6) is 1.93. The maximum Gasteiger partial charge on any atom is 0.263 e. The maximum absolute atomic E-state index is 12.5. The van der Waals surface area contributed by atoms with Gasteiger partial charge in [-0.2, -0.15) is 0 Å². The van der Waals surface area contributed by atoms with Crippen molar-refractivity contribution in [2.24, 2.45) is 0 Å². The van der Waals surface area contributed by atoms with Gasteiger partial charge in [0.2, 0.25) is 0 Å². The Morgan fingerprint density at radius 3 is 2.75 bits per heavy atom. The summed E-state index contributed by atoms with van der Waals surface area (Å²) in [6, 6.07) is 3.66. The lowest BCUT2D eigenvalue weighted by molar-refractivity contribution is 0.0943. The Morgan fingerprint density at radius 1 is 1.33 bits per heavy atom. The number of hydrogen-bond donors (Lipinski definition) is 1. The van der Waals surface area contributed by atoms with Crippen LogP contribution in [0.3, 0.4) is 0 Å². The lowest BCUT2D eigenvalue weighted by Gasteiger charge is -2.22. The monoisotopic (exact) mass is 408 g/mol. The minimum Gasteiger partial charge on any atom is -0.486 e. The van der Waals surface area contributed by atoms with Crippen LogP contribution in [0.5, 0.6) is 11.5 Å². The van der Waals surface area contributed by atoms with Gasteiger partial charge in [-0.1, -0.05) is 15.9 Å². The second-order valence-electron chi connectivity index (χ2n) is 6.05. The fraction of sp³-hybridized carbons (Fsp3) is 0.412. The molecule has 0 saturated heterocycles. The number of carbonyl (C=O) groups excluding carboxylic acids is 1. The first-order chi connectivity index (χ1) is 11.6. The van der Waals surface area contributed by atoms with Crippen LogP contribution in [-0.4, -0.2) is 24.1 Å². The molecule has 1 N–H and O–H groups in total. The molecule has 0 bridgehead atoms. The molecule has 126 valence electrons. The van der Waals surface area contributed by atoms with E-state index in [1.165, 1.54) is 24.2 Å². The second kappa shape index (κ2) is 6.37. The van der Waals surface area contributed by atoms with Crippen LogP contribution in [0, 0.1) is 0 Å². The van der Waals surface area contributed by atoms with Gasteiger partial charge in [0.15, 0.2) is 11.5 Å². The molecule has 1 aliphatic carbocycles. The van der Waals surface area contributed by atoms with Crippen LogP contribution in [0.2, 0.25) is 0 Å². The molecule has 1 aromatic heterocycles. The van der Waals surface area contributed by atoms with Crippen LogP contribution in [0.15, 0.2) is 22.8 Å². The van der Waals surface area contributed by atoms with Crippen molar-refractivity contribution in [2.45, 2.75) is 31.7 Å². The van der Waals surface area contributed by atoms with Crippen molar-refractivity contribution in [1.82, 2.24) is 10.3 Å². The molecular weight excluding hydrogens is 392 g/mol. The van der Waals surface area contributed by atoms with Gasteiger partial charge in [0, 0.05) is 10.4 Å². The SMILES string of the molecule is CC(NC(=O)c1cnc(C2CC2)s1)c1cc2c(cc1Br)OCCO2. The van der Waals surface area contributed by atoms with Crippen LogP contribution >= 0.6 is 27.3 Å². The van der Waals surface area contributed by atoms with Crippen molar-refractivity contribution in [3.05, 3.63) is 38.3 Å². The summed E-state index contributed by atoms with van der Waals surface area (Å²) >= 11 is 5.05. The van der Waals surface area contributed by atoms with E-state index in [1.807, 2.05) is 19.1 Å². The number of fused-ring (bicyclic) bond motifs is 1. The molecule has 4 rings (SSSR count). The fourth-order valence-electron chi connectivity index (χ4n) is 2.67.